The quantitative estimate of drug-likeness (QED) is 0.676. The summed E-state index contributed by atoms with van der Waals surface area (Å²) in [5.74, 6) is 0.489. The van der Waals surface area contributed by atoms with Crippen LogP contribution in [0.4, 0.5) is 11.4 Å². The maximum atomic E-state index is 12.4. The van der Waals surface area contributed by atoms with Crippen LogP contribution in [0.15, 0.2) is 30.3 Å². The number of aryl methyl sites for hydroxylation is 1. The Kier molecular flexibility index (Phi) is 4.26. The number of fused-ring (bicyclic) bond motifs is 1. The van der Waals surface area contributed by atoms with E-state index >= 15 is 0 Å². The molecule has 0 saturated heterocycles. The molecule has 1 aliphatic rings. The molecule has 3 rings (SSSR count). The van der Waals surface area contributed by atoms with Crippen molar-refractivity contribution >= 4 is 28.9 Å². The number of nitrogens with zero attached hydrogens (tertiary/aromatic N) is 1. The Balaban J connectivity index is 1.87. The van der Waals surface area contributed by atoms with Gasteiger partial charge in [0.05, 0.1) is 15.6 Å². The summed E-state index contributed by atoms with van der Waals surface area (Å²) in [4.78, 5) is 22.8. The standard InChI is InChI=1S/C16H13ClN2O5/c1-9-2-3-10(6-13(9)19(21)22)16(20)18-12-8-15-14(7-11(12)17)23-4-5-24-15/h2-3,6-8H,4-5H2,1H3,(H,18,20). The van der Waals surface area contributed by atoms with Gasteiger partial charge in [0.1, 0.15) is 13.2 Å². The van der Waals surface area contributed by atoms with Crippen molar-refractivity contribution in [1.29, 1.82) is 0 Å². The van der Waals surface area contributed by atoms with Gasteiger partial charge in [-0.3, -0.25) is 14.9 Å². The van der Waals surface area contributed by atoms with E-state index in [-0.39, 0.29) is 16.3 Å². The fraction of sp³-hybridized carbons (Fsp3) is 0.188. The van der Waals surface area contributed by atoms with Crippen LogP contribution in [0, 0.1) is 17.0 Å². The van der Waals surface area contributed by atoms with Gasteiger partial charge < -0.3 is 14.8 Å². The second-order valence-corrected chi connectivity index (χ2v) is 5.60. The highest BCUT2D eigenvalue weighted by Gasteiger charge is 2.19. The minimum atomic E-state index is -0.525. The Bertz CT molecular complexity index is 837. The van der Waals surface area contributed by atoms with Crippen molar-refractivity contribution in [1.82, 2.24) is 0 Å². The van der Waals surface area contributed by atoms with Gasteiger partial charge in [-0.25, -0.2) is 0 Å². The predicted octanol–water partition coefficient (Wildman–Crippen LogP) is 3.58. The van der Waals surface area contributed by atoms with Gasteiger partial charge in [-0.2, -0.15) is 0 Å². The topological polar surface area (TPSA) is 90.7 Å². The summed E-state index contributed by atoms with van der Waals surface area (Å²) in [6, 6.07) is 7.40. The summed E-state index contributed by atoms with van der Waals surface area (Å²) in [5, 5.41) is 13.9. The third kappa shape index (κ3) is 3.11. The van der Waals surface area contributed by atoms with Gasteiger partial charge in [0.2, 0.25) is 0 Å². The third-order valence-electron chi connectivity index (χ3n) is 3.55. The number of nitro benzene ring substituents is 1. The molecule has 24 heavy (non-hydrogen) atoms. The Morgan fingerprint density at radius 3 is 2.54 bits per heavy atom. The van der Waals surface area contributed by atoms with Crippen LogP contribution < -0.4 is 14.8 Å². The average molecular weight is 349 g/mol. The van der Waals surface area contributed by atoms with Gasteiger partial charge in [0.25, 0.3) is 11.6 Å². The number of hydrogen-bond donors (Lipinski definition) is 1. The number of nitrogens with one attached hydrogen (secondary N) is 1. The monoisotopic (exact) mass is 348 g/mol. The zero-order valence-electron chi connectivity index (χ0n) is 12.7. The molecule has 8 heteroatoms. The molecule has 0 spiro atoms. The number of nitro groups is 1. The predicted molar refractivity (Wildman–Crippen MR) is 88.2 cm³/mol. The number of anilines is 1. The van der Waals surface area contributed by atoms with Gasteiger partial charge in [-0.1, -0.05) is 17.7 Å². The lowest BCUT2D eigenvalue weighted by molar-refractivity contribution is -0.385. The molecule has 2 aromatic rings. The fourth-order valence-corrected chi connectivity index (χ4v) is 2.50. The lowest BCUT2D eigenvalue weighted by Gasteiger charge is -2.20. The van der Waals surface area contributed by atoms with Crippen molar-refractivity contribution in [2.24, 2.45) is 0 Å². The number of carbonyl (C=O) groups excluding carboxylic acids is 1. The number of rotatable bonds is 3. The molecule has 0 atom stereocenters. The van der Waals surface area contributed by atoms with Crippen LogP contribution in [0.1, 0.15) is 15.9 Å². The van der Waals surface area contributed by atoms with E-state index in [1.165, 1.54) is 18.2 Å². The van der Waals surface area contributed by atoms with E-state index in [4.69, 9.17) is 21.1 Å². The molecule has 0 aromatic heterocycles. The molecule has 1 amide bonds. The molecule has 0 bridgehead atoms. The smallest absolute Gasteiger partial charge is 0.273 e. The molecule has 0 fully saturated rings. The minimum absolute atomic E-state index is 0.115. The molecule has 1 N–H and O–H groups in total. The molecule has 2 aromatic carbocycles. The normalized spacial score (nSPS) is 12.6. The minimum Gasteiger partial charge on any atom is -0.486 e. The first kappa shape index (κ1) is 16.1. The molecular weight excluding hydrogens is 336 g/mol. The van der Waals surface area contributed by atoms with Crippen LogP contribution in [-0.2, 0) is 0 Å². The van der Waals surface area contributed by atoms with E-state index in [2.05, 4.69) is 5.32 Å². The van der Waals surface area contributed by atoms with E-state index < -0.39 is 10.8 Å². The lowest BCUT2D eigenvalue weighted by Crippen LogP contribution is -2.17. The van der Waals surface area contributed by atoms with Gasteiger partial charge in [-0.05, 0) is 13.0 Å². The Hall–Kier alpha value is -2.80. The molecular formula is C16H13ClN2O5. The summed E-state index contributed by atoms with van der Waals surface area (Å²) < 4.78 is 10.9. The lowest BCUT2D eigenvalue weighted by atomic mass is 10.1. The highest BCUT2D eigenvalue weighted by Crippen LogP contribution is 2.38. The molecule has 124 valence electrons. The number of carbonyl (C=O) groups is 1. The number of hydrogen-bond acceptors (Lipinski definition) is 5. The van der Waals surface area contributed by atoms with Crippen LogP contribution in [0.2, 0.25) is 5.02 Å². The zero-order valence-corrected chi connectivity index (χ0v) is 13.4. The summed E-state index contributed by atoms with van der Waals surface area (Å²) in [7, 11) is 0. The van der Waals surface area contributed by atoms with Crippen molar-refractivity contribution in [3.63, 3.8) is 0 Å². The molecule has 7 nitrogen and oxygen atoms in total. The number of amides is 1. The Labute approximate surface area is 142 Å². The first-order chi connectivity index (χ1) is 11.5. The van der Waals surface area contributed by atoms with Crippen LogP contribution in [0.3, 0.4) is 0 Å². The average Bonchev–Trinajstić information content (AvgIpc) is 2.55. The number of halogens is 1. The zero-order chi connectivity index (χ0) is 17.3. The van der Waals surface area contributed by atoms with E-state index in [1.807, 2.05) is 0 Å². The second kappa shape index (κ2) is 6.37. The first-order valence-electron chi connectivity index (χ1n) is 7.11. The Morgan fingerprint density at radius 2 is 1.88 bits per heavy atom. The fourth-order valence-electron chi connectivity index (χ4n) is 2.30. The summed E-state index contributed by atoms with van der Waals surface area (Å²) >= 11 is 6.14. The van der Waals surface area contributed by atoms with Crippen LogP contribution in [0.25, 0.3) is 0 Å². The number of ether oxygens (including phenoxy) is 2. The van der Waals surface area contributed by atoms with Gasteiger partial charge in [-0.15, -0.1) is 0 Å². The molecule has 1 heterocycles. The molecule has 1 aliphatic heterocycles. The molecule has 0 radical (unpaired) electrons. The van der Waals surface area contributed by atoms with Crippen molar-refractivity contribution in [2.45, 2.75) is 6.92 Å². The summed E-state index contributed by atoms with van der Waals surface area (Å²) in [5.41, 5.74) is 0.872. The van der Waals surface area contributed by atoms with Crippen LogP contribution in [-0.4, -0.2) is 24.0 Å². The molecule has 0 unspecified atom stereocenters. The maximum Gasteiger partial charge on any atom is 0.273 e. The van der Waals surface area contributed by atoms with E-state index in [1.54, 1.807) is 19.1 Å². The highest BCUT2D eigenvalue weighted by molar-refractivity contribution is 6.34. The SMILES string of the molecule is Cc1ccc(C(=O)Nc2cc3c(cc2Cl)OCCO3)cc1[N+](=O)[O-]. The van der Waals surface area contributed by atoms with E-state index in [9.17, 15) is 14.9 Å². The Morgan fingerprint density at radius 1 is 1.21 bits per heavy atom. The number of benzene rings is 2. The maximum absolute atomic E-state index is 12.4. The van der Waals surface area contributed by atoms with Crippen molar-refractivity contribution in [3.05, 3.63) is 56.6 Å². The van der Waals surface area contributed by atoms with Crippen LogP contribution in [0.5, 0.6) is 11.5 Å². The van der Waals surface area contributed by atoms with Crippen LogP contribution >= 0.6 is 11.6 Å². The van der Waals surface area contributed by atoms with Gasteiger partial charge >= 0.3 is 0 Å². The molecule has 0 aliphatic carbocycles. The summed E-state index contributed by atoms with van der Waals surface area (Å²) in [6.45, 7) is 2.45. The highest BCUT2D eigenvalue weighted by atomic mass is 35.5. The summed E-state index contributed by atoms with van der Waals surface area (Å²) in [6.07, 6.45) is 0. The van der Waals surface area contributed by atoms with Gasteiger partial charge in [0, 0.05) is 29.3 Å². The van der Waals surface area contributed by atoms with Crippen molar-refractivity contribution in [2.75, 3.05) is 18.5 Å². The van der Waals surface area contributed by atoms with E-state index in [0.717, 1.165) is 0 Å². The second-order valence-electron chi connectivity index (χ2n) is 5.19. The van der Waals surface area contributed by atoms with Crippen molar-refractivity contribution < 1.29 is 19.2 Å². The van der Waals surface area contributed by atoms with E-state index in [0.29, 0.717) is 36.0 Å². The third-order valence-corrected chi connectivity index (χ3v) is 3.86. The van der Waals surface area contributed by atoms with Gasteiger partial charge in [0.15, 0.2) is 11.5 Å². The van der Waals surface area contributed by atoms with Crippen molar-refractivity contribution in [3.8, 4) is 11.5 Å². The largest absolute Gasteiger partial charge is 0.486 e. The molecule has 0 saturated carbocycles. The first-order valence-corrected chi connectivity index (χ1v) is 7.49.